The Labute approximate surface area is 125 Å². The van der Waals surface area contributed by atoms with Crippen molar-refractivity contribution in [2.24, 2.45) is 0 Å². The molecule has 0 atom stereocenters. The first-order valence-electron chi connectivity index (χ1n) is 7.98. The number of hydrogen-bond donors (Lipinski definition) is 0. The number of carbonyl (C=O) groups is 1. The lowest BCUT2D eigenvalue weighted by Crippen LogP contribution is -2.60. The minimum absolute atomic E-state index is 0.179. The molecule has 2 aliphatic heterocycles. The van der Waals surface area contributed by atoms with Gasteiger partial charge in [0.15, 0.2) is 5.78 Å². The lowest BCUT2D eigenvalue weighted by atomic mass is 9.78. The number of likely N-dealkylation sites (tertiary alicyclic amines) is 1. The first-order valence-corrected chi connectivity index (χ1v) is 7.98. The van der Waals surface area contributed by atoms with Gasteiger partial charge in [0.2, 0.25) is 0 Å². The number of nitrogens with zero attached hydrogens (tertiary/aromatic N) is 2. The maximum atomic E-state index is 13.5. The van der Waals surface area contributed by atoms with E-state index in [-0.39, 0.29) is 5.78 Å². The second-order valence-electron chi connectivity index (χ2n) is 6.18. The average molecular weight is 290 g/mol. The maximum absolute atomic E-state index is 13.5. The second kappa shape index (κ2) is 6.24. The fourth-order valence-electron chi connectivity index (χ4n) is 3.72. The fraction of sp³-hybridized carbons (Fsp3) is 0.588. The zero-order valence-corrected chi connectivity index (χ0v) is 12.4. The van der Waals surface area contributed by atoms with Crippen molar-refractivity contribution in [3.05, 3.63) is 35.9 Å². The van der Waals surface area contributed by atoms with Crippen LogP contribution >= 0.6 is 0 Å². The van der Waals surface area contributed by atoms with Gasteiger partial charge in [0, 0.05) is 18.7 Å². The molecule has 3 rings (SSSR count). The summed E-state index contributed by atoms with van der Waals surface area (Å²) in [4.78, 5) is 15.5. The van der Waals surface area contributed by atoms with Crippen molar-refractivity contribution in [3.63, 3.8) is 0 Å². The van der Waals surface area contributed by atoms with Crippen LogP contribution in [0.4, 0.5) is 4.48 Å². The van der Waals surface area contributed by atoms with E-state index in [1.807, 2.05) is 30.3 Å². The molecule has 0 amide bonds. The molecule has 2 saturated heterocycles. The Morgan fingerprint density at radius 2 is 1.57 bits per heavy atom. The van der Waals surface area contributed by atoms with Crippen molar-refractivity contribution >= 4 is 5.78 Å². The first kappa shape index (κ1) is 14.7. The number of halogens is 1. The molecule has 1 aromatic carbocycles. The summed E-state index contributed by atoms with van der Waals surface area (Å²) >= 11 is 0. The SMILES string of the molecule is O=C(c1ccccc1)C1(N2CCCCC2)CCN(F)CC1. The van der Waals surface area contributed by atoms with Crippen molar-refractivity contribution < 1.29 is 9.28 Å². The molecular weight excluding hydrogens is 267 g/mol. The van der Waals surface area contributed by atoms with Gasteiger partial charge < -0.3 is 0 Å². The normalized spacial score (nSPS) is 23.9. The Bertz CT molecular complexity index is 477. The molecule has 114 valence electrons. The molecule has 2 fully saturated rings. The van der Waals surface area contributed by atoms with Crippen LogP contribution in [0.3, 0.4) is 0 Å². The fourth-order valence-corrected chi connectivity index (χ4v) is 3.72. The zero-order chi connectivity index (χ0) is 14.7. The van der Waals surface area contributed by atoms with E-state index in [9.17, 15) is 9.28 Å². The summed E-state index contributed by atoms with van der Waals surface area (Å²) in [6.07, 6.45) is 4.71. The Hall–Kier alpha value is -1.26. The van der Waals surface area contributed by atoms with E-state index in [4.69, 9.17) is 0 Å². The number of rotatable bonds is 3. The van der Waals surface area contributed by atoms with Crippen molar-refractivity contribution in [2.75, 3.05) is 26.2 Å². The largest absolute Gasteiger partial charge is 0.292 e. The quantitative estimate of drug-likeness (QED) is 0.631. The van der Waals surface area contributed by atoms with E-state index < -0.39 is 5.54 Å². The third-order valence-electron chi connectivity index (χ3n) is 4.96. The van der Waals surface area contributed by atoms with Crippen LogP contribution in [-0.4, -0.2) is 47.5 Å². The maximum Gasteiger partial charge on any atom is 0.183 e. The molecule has 0 aliphatic carbocycles. The molecule has 21 heavy (non-hydrogen) atoms. The average Bonchev–Trinajstić information content (AvgIpc) is 2.57. The Kier molecular flexibility index (Phi) is 4.36. The molecule has 0 spiro atoms. The summed E-state index contributed by atoms with van der Waals surface area (Å²) in [6, 6.07) is 9.50. The number of hydrogen-bond acceptors (Lipinski definition) is 3. The van der Waals surface area contributed by atoms with Gasteiger partial charge in [-0.05, 0) is 38.8 Å². The van der Waals surface area contributed by atoms with Gasteiger partial charge in [-0.1, -0.05) is 36.8 Å². The minimum atomic E-state index is -0.496. The van der Waals surface area contributed by atoms with Gasteiger partial charge in [0.1, 0.15) is 0 Å². The van der Waals surface area contributed by atoms with Crippen LogP contribution in [0.2, 0.25) is 0 Å². The topological polar surface area (TPSA) is 23.6 Å². The summed E-state index contributed by atoms with van der Waals surface area (Å²) in [5, 5.41) is 0.848. The highest BCUT2D eigenvalue weighted by Gasteiger charge is 2.46. The van der Waals surface area contributed by atoms with E-state index in [1.54, 1.807) is 0 Å². The number of piperidine rings is 2. The van der Waals surface area contributed by atoms with Crippen LogP contribution in [0.1, 0.15) is 42.5 Å². The smallest absolute Gasteiger partial charge is 0.183 e. The Morgan fingerprint density at radius 3 is 2.19 bits per heavy atom. The van der Waals surface area contributed by atoms with Gasteiger partial charge in [-0.15, -0.1) is 9.60 Å². The van der Waals surface area contributed by atoms with Crippen molar-refractivity contribution in [1.29, 1.82) is 0 Å². The van der Waals surface area contributed by atoms with E-state index in [1.165, 1.54) is 6.42 Å². The Balaban J connectivity index is 1.90. The monoisotopic (exact) mass is 290 g/mol. The predicted octanol–water partition coefficient (Wildman–Crippen LogP) is 3.07. The van der Waals surface area contributed by atoms with Crippen LogP contribution in [-0.2, 0) is 0 Å². The molecular formula is C17H23FN2O. The minimum Gasteiger partial charge on any atom is -0.292 e. The number of Topliss-reactive ketones (excluding diaryl/α,β-unsaturated/α-hetero) is 1. The first-order chi connectivity index (χ1) is 10.2. The summed E-state index contributed by atoms with van der Waals surface area (Å²) < 4.78 is 13.5. The third kappa shape index (κ3) is 2.87. The molecule has 0 saturated carbocycles. The number of ketones is 1. The highest BCUT2D eigenvalue weighted by molar-refractivity contribution is 6.03. The third-order valence-corrected chi connectivity index (χ3v) is 4.96. The van der Waals surface area contributed by atoms with E-state index >= 15 is 0 Å². The predicted molar refractivity (Wildman–Crippen MR) is 80.8 cm³/mol. The van der Waals surface area contributed by atoms with E-state index in [0.29, 0.717) is 25.9 Å². The summed E-state index contributed by atoms with van der Waals surface area (Å²) in [5.74, 6) is 0.179. The highest BCUT2D eigenvalue weighted by Crippen LogP contribution is 2.34. The van der Waals surface area contributed by atoms with Gasteiger partial charge >= 0.3 is 0 Å². The highest BCUT2D eigenvalue weighted by atomic mass is 19.2. The zero-order valence-electron chi connectivity index (χ0n) is 12.4. The van der Waals surface area contributed by atoms with Crippen molar-refractivity contribution in [2.45, 2.75) is 37.6 Å². The molecule has 0 radical (unpaired) electrons. The van der Waals surface area contributed by atoms with Crippen LogP contribution in [0, 0.1) is 0 Å². The second-order valence-corrected chi connectivity index (χ2v) is 6.18. The molecule has 3 nitrogen and oxygen atoms in total. The number of carbonyl (C=O) groups excluding carboxylic acids is 1. The molecule has 2 heterocycles. The molecule has 0 aromatic heterocycles. The van der Waals surface area contributed by atoms with Crippen LogP contribution in [0.25, 0.3) is 0 Å². The lowest BCUT2D eigenvalue weighted by Gasteiger charge is -2.47. The molecule has 2 aliphatic rings. The van der Waals surface area contributed by atoms with Crippen LogP contribution in [0.5, 0.6) is 0 Å². The van der Waals surface area contributed by atoms with Crippen molar-refractivity contribution in [3.8, 4) is 0 Å². The lowest BCUT2D eigenvalue weighted by molar-refractivity contribution is -0.0505. The standard InChI is InChI=1S/C17H23FN2O/c18-20-13-9-17(10-14-20,19-11-5-2-6-12-19)16(21)15-7-3-1-4-8-15/h1,3-4,7-8H,2,5-6,9-14H2. The molecule has 0 unspecified atom stereocenters. The van der Waals surface area contributed by atoms with Crippen LogP contribution in [0.15, 0.2) is 30.3 Å². The van der Waals surface area contributed by atoms with Crippen LogP contribution < -0.4 is 0 Å². The van der Waals surface area contributed by atoms with Gasteiger partial charge in [-0.3, -0.25) is 9.69 Å². The summed E-state index contributed by atoms with van der Waals surface area (Å²) in [7, 11) is 0. The molecule has 0 N–H and O–H groups in total. The van der Waals surface area contributed by atoms with Gasteiger partial charge in [-0.25, -0.2) is 0 Å². The van der Waals surface area contributed by atoms with Gasteiger partial charge in [-0.2, -0.15) is 0 Å². The van der Waals surface area contributed by atoms with E-state index in [0.717, 1.165) is 36.6 Å². The van der Waals surface area contributed by atoms with Gasteiger partial charge in [0.05, 0.1) is 5.54 Å². The summed E-state index contributed by atoms with van der Waals surface area (Å²) in [6.45, 7) is 2.64. The molecule has 4 heteroatoms. The van der Waals surface area contributed by atoms with Crippen molar-refractivity contribution in [1.82, 2.24) is 10.0 Å². The Morgan fingerprint density at radius 1 is 0.952 bits per heavy atom. The molecule has 0 bridgehead atoms. The van der Waals surface area contributed by atoms with Gasteiger partial charge in [0.25, 0.3) is 0 Å². The van der Waals surface area contributed by atoms with E-state index in [2.05, 4.69) is 4.90 Å². The number of benzene rings is 1. The summed E-state index contributed by atoms with van der Waals surface area (Å²) in [5.41, 5.74) is 0.264. The molecule has 1 aromatic rings.